The first kappa shape index (κ1) is 8.37. The minimum absolute atomic E-state index is 0.00174. The van der Waals surface area contributed by atoms with Gasteiger partial charge in [-0.1, -0.05) is 4.74 Å². The fourth-order valence-electron chi connectivity index (χ4n) is 1.11. The minimum Gasteiger partial charge on any atom is -0.344 e. The van der Waals surface area contributed by atoms with E-state index in [4.69, 9.17) is 4.84 Å². The SMILES string of the molecule is CO[N+]1=CNC(C)(C)C1(C)C. The molecular formula is C8H17N2O+. The van der Waals surface area contributed by atoms with E-state index in [1.165, 1.54) is 0 Å². The minimum atomic E-state index is 0.00174. The third kappa shape index (κ3) is 0.988. The largest absolute Gasteiger partial charge is 0.344 e. The van der Waals surface area contributed by atoms with Crippen LogP contribution >= 0.6 is 0 Å². The van der Waals surface area contributed by atoms with Gasteiger partial charge in [-0.05, 0) is 27.7 Å². The number of hydrogen-bond donors (Lipinski definition) is 1. The van der Waals surface area contributed by atoms with Crippen molar-refractivity contribution in [1.82, 2.24) is 5.32 Å². The summed E-state index contributed by atoms with van der Waals surface area (Å²) in [6.45, 7) is 8.60. The van der Waals surface area contributed by atoms with Gasteiger partial charge in [-0.3, -0.25) is 5.32 Å². The molecule has 0 aliphatic carbocycles. The Morgan fingerprint density at radius 2 is 1.82 bits per heavy atom. The Morgan fingerprint density at radius 3 is 2.00 bits per heavy atom. The highest BCUT2D eigenvalue weighted by molar-refractivity contribution is 5.52. The Bertz CT molecular complexity index is 194. The smallest absolute Gasteiger partial charge is 0.273 e. The van der Waals surface area contributed by atoms with Gasteiger partial charge in [0, 0.05) is 0 Å². The van der Waals surface area contributed by atoms with E-state index in [1.807, 2.05) is 11.1 Å². The number of hydroxylamine groups is 1. The second-order valence-corrected chi connectivity index (χ2v) is 3.97. The summed E-state index contributed by atoms with van der Waals surface area (Å²) in [6, 6.07) is 0. The first-order valence-electron chi connectivity index (χ1n) is 3.86. The van der Waals surface area contributed by atoms with Crippen LogP contribution in [0.3, 0.4) is 0 Å². The van der Waals surface area contributed by atoms with Crippen molar-refractivity contribution in [2.24, 2.45) is 0 Å². The predicted octanol–water partition coefficient (Wildman–Crippen LogP) is 0.749. The standard InChI is InChI=1S/C8H16N2O/c1-7(2)8(3,4)10(11-5)6-9-7/h6H,1-5H3/p+1. The van der Waals surface area contributed by atoms with Gasteiger partial charge in [0.05, 0.1) is 0 Å². The van der Waals surface area contributed by atoms with Gasteiger partial charge < -0.3 is 4.84 Å². The maximum absolute atomic E-state index is 5.18. The van der Waals surface area contributed by atoms with Crippen LogP contribution in [0.5, 0.6) is 0 Å². The molecule has 11 heavy (non-hydrogen) atoms. The average Bonchev–Trinajstić information content (AvgIpc) is 2.05. The molecule has 64 valence electrons. The van der Waals surface area contributed by atoms with Crippen LogP contribution in [0.15, 0.2) is 0 Å². The van der Waals surface area contributed by atoms with E-state index in [0.29, 0.717) is 0 Å². The zero-order chi connectivity index (χ0) is 8.70. The quantitative estimate of drug-likeness (QED) is 0.568. The molecule has 1 rings (SSSR count). The van der Waals surface area contributed by atoms with Gasteiger partial charge in [0.15, 0.2) is 5.54 Å². The fraction of sp³-hybridized carbons (Fsp3) is 0.875. The highest BCUT2D eigenvalue weighted by Crippen LogP contribution is 2.27. The normalized spacial score (nSPS) is 25.7. The molecule has 0 saturated carbocycles. The van der Waals surface area contributed by atoms with E-state index in [1.54, 1.807) is 7.11 Å². The van der Waals surface area contributed by atoms with Gasteiger partial charge in [0.1, 0.15) is 12.6 Å². The predicted molar refractivity (Wildman–Crippen MR) is 44.6 cm³/mol. The van der Waals surface area contributed by atoms with Crippen LogP contribution in [-0.2, 0) is 4.84 Å². The van der Waals surface area contributed by atoms with Crippen LogP contribution in [-0.4, -0.2) is 29.3 Å². The lowest BCUT2D eigenvalue weighted by Crippen LogP contribution is -2.53. The molecule has 0 spiro atoms. The monoisotopic (exact) mass is 157 g/mol. The maximum Gasteiger partial charge on any atom is 0.273 e. The Balaban J connectivity index is 2.92. The third-order valence-corrected chi connectivity index (χ3v) is 2.82. The van der Waals surface area contributed by atoms with Crippen molar-refractivity contribution < 1.29 is 9.58 Å². The number of rotatable bonds is 1. The third-order valence-electron chi connectivity index (χ3n) is 2.82. The number of hydrogen-bond acceptors (Lipinski definition) is 2. The summed E-state index contributed by atoms with van der Waals surface area (Å²) in [5.41, 5.74) is 0.0603. The lowest BCUT2D eigenvalue weighted by molar-refractivity contribution is -0.822. The summed E-state index contributed by atoms with van der Waals surface area (Å²) in [6.07, 6.45) is 1.88. The fourth-order valence-corrected chi connectivity index (χ4v) is 1.11. The summed E-state index contributed by atoms with van der Waals surface area (Å²) < 4.78 is 1.84. The molecule has 0 aromatic carbocycles. The molecular weight excluding hydrogens is 140 g/mol. The highest BCUT2D eigenvalue weighted by Gasteiger charge is 2.52. The molecule has 1 heterocycles. The van der Waals surface area contributed by atoms with E-state index in [9.17, 15) is 0 Å². The average molecular weight is 157 g/mol. The van der Waals surface area contributed by atoms with Crippen molar-refractivity contribution in [2.75, 3.05) is 7.11 Å². The van der Waals surface area contributed by atoms with Gasteiger partial charge >= 0.3 is 0 Å². The summed E-state index contributed by atoms with van der Waals surface area (Å²) in [5.74, 6) is 0. The van der Waals surface area contributed by atoms with E-state index < -0.39 is 0 Å². The molecule has 0 atom stereocenters. The molecule has 1 aliphatic heterocycles. The molecule has 0 fully saturated rings. The Morgan fingerprint density at radius 1 is 1.27 bits per heavy atom. The molecule has 0 unspecified atom stereocenters. The van der Waals surface area contributed by atoms with Crippen molar-refractivity contribution in [3.05, 3.63) is 0 Å². The highest BCUT2D eigenvalue weighted by atomic mass is 16.7. The molecule has 0 aromatic heterocycles. The van der Waals surface area contributed by atoms with Crippen LogP contribution in [0.25, 0.3) is 0 Å². The molecule has 0 saturated heterocycles. The van der Waals surface area contributed by atoms with Crippen LogP contribution in [0, 0.1) is 0 Å². The molecule has 0 aromatic rings. The molecule has 0 bridgehead atoms. The Labute approximate surface area is 68.0 Å². The molecule has 1 N–H and O–H groups in total. The molecule has 3 heteroatoms. The zero-order valence-corrected chi connectivity index (χ0v) is 7.93. The zero-order valence-electron chi connectivity index (χ0n) is 7.93. The van der Waals surface area contributed by atoms with E-state index in [-0.39, 0.29) is 11.1 Å². The van der Waals surface area contributed by atoms with E-state index >= 15 is 0 Å². The summed E-state index contributed by atoms with van der Waals surface area (Å²) in [4.78, 5) is 5.18. The maximum atomic E-state index is 5.18. The van der Waals surface area contributed by atoms with Crippen molar-refractivity contribution in [1.29, 1.82) is 0 Å². The Hall–Kier alpha value is -0.730. The van der Waals surface area contributed by atoms with Crippen LogP contribution in [0.1, 0.15) is 27.7 Å². The van der Waals surface area contributed by atoms with Crippen LogP contribution in [0.4, 0.5) is 0 Å². The van der Waals surface area contributed by atoms with E-state index in [2.05, 4.69) is 33.0 Å². The van der Waals surface area contributed by atoms with Crippen molar-refractivity contribution >= 4 is 6.34 Å². The van der Waals surface area contributed by atoms with E-state index in [0.717, 1.165) is 0 Å². The van der Waals surface area contributed by atoms with Crippen molar-refractivity contribution in [3.8, 4) is 0 Å². The topological polar surface area (TPSA) is 24.3 Å². The van der Waals surface area contributed by atoms with Gasteiger partial charge in [-0.2, -0.15) is 0 Å². The lowest BCUT2D eigenvalue weighted by Gasteiger charge is -2.29. The Kier molecular flexibility index (Phi) is 1.62. The van der Waals surface area contributed by atoms with Crippen LogP contribution < -0.4 is 5.32 Å². The van der Waals surface area contributed by atoms with Crippen molar-refractivity contribution in [3.63, 3.8) is 0 Å². The summed E-state index contributed by atoms with van der Waals surface area (Å²) in [5, 5.41) is 3.26. The molecule has 0 radical (unpaired) electrons. The number of nitrogens with one attached hydrogen (secondary N) is 1. The first-order valence-corrected chi connectivity index (χ1v) is 3.86. The molecule has 1 aliphatic rings. The first-order chi connectivity index (χ1) is 4.92. The van der Waals surface area contributed by atoms with Gasteiger partial charge in [-0.25, -0.2) is 0 Å². The summed E-state index contributed by atoms with van der Waals surface area (Å²) in [7, 11) is 1.68. The second-order valence-electron chi connectivity index (χ2n) is 3.97. The second kappa shape index (κ2) is 2.13. The van der Waals surface area contributed by atoms with Crippen molar-refractivity contribution in [2.45, 2.75) is 38.8 Å². The van der Waals surface area contributed by atoms with Gasteiger partial charge in [-0.15, -0.1) is 0 Å². The lowest BCUT2D eigenvalue weighted by atomic mass is 9.84. The molecule has 3 nitrogen and oxygen atoms in total. The number of nitrogens with zero attached hydrogens (tertiary/aromatic N) is 1. The van der Waals surface area contributed by atoms with Crippen LogP contribution in [0.2, 0.25) is 0 Å². The van der Waals surface area contributed by atoms with Gasteiger partial charge in [0.25, 0.3) is 6.34 Å². The molecule has 0 amide bonds. The summed E-state index contributed by atoms with van der Waals surface area (Å²) >= 11 is 0. The van der Waals surface area contributed by atoms with Gasteiger partial charge in [0.2, 0.25) is 0 Å².